The second kappa shape index (κ2) is 9.16. The first kappa shape index (κ1) is 19.0. The molecule has 0 spiro atoms. The minimum absolute atomic E-state index is 0. The third kappa shape index (κ3) is 5.98. The van der Waals surface area contributed by atoms with Crippen molar-refractivity contribution in [3.05, 3.63) is 65.7 Å². The molecule has 0 bridgehead atoms. The van der Waals surface area contributed by atoms with Crippen molar-refractivity contribution < 1.29 is 30.0 Å². The highest BCUT2D eigenvalue weighted by atomic mass is 16.5. The third-order valence-electron chi connectivity index (χ3n) is 3.18. The molecule has 2 aromatic carbocycles. The van der Waals surface area contributed by atoms with Gasteiger partial charge in [-0.1, -0.05) is 42.5 Å². The molecule has 128 valence electrons. The molecule has 0 aliphatic carbocycles. The number of phenols is 1. The van der Waals surface area contributed by atoms with Gasteiger partial charge in [-0.3, -0.25) is 0 Å². The summed E-state index contributed by atoms with van der Waals surface area (Å²) in [7, 11) is 0. The van der Waals surface area contributed by atoms with E-state index < -0.39 is 18.1 Å². The van der Waals surface area contributed by atoms with Gasteiger partial charge in [0.2, 0.25) is 0 Å². The summed E-state index contributed by atoms with van der Waals surface area (Å²) < 4.78 is 5.01. The Kier molecular flexibility index (Phi) is 7.25. The molecule has 0 fully saturated rings. The lowest BCUT2D eigenvalue weighted by atomic mass is 10.1. The number of aromatic hydroxyl groups is 1. The molecule has 1 unspecified atom stereocenters. The summed E-state index contributed by atoms with van der Waals surface area (Å²) in [4.78, 5) is 23.0. The molecule has 0 aliphatic heterocycles. The number of hydrogen-bond donors (Lipinski definition) is 3. The number of nitrogens with one attached hydrogen (secondary N) is 1. The Bertz CT molecular complexity index is 657. The molecule has 1 atom stereocenters. The maximum absolute atomic E-state index is 11.7. The fourth-order valence-corrected chi connectivity index (χ4v) is 1.97. The molecule has 1 amide bonds. The lowest BCUT2D eigenvalue weighted by molar-refractivity contribution is -0.139. The molecule has 2 rings (SSSR count). The van der Waals surface area contributed by atoms with E-state index in [0.29, 0.717) is 5.56 Å². The van der Waals surface area contributed by atoms with E-state index in [1.54, 1.807) is 24.3 Å². The Balaban J connectivity index is 0.00000288. The molecule has 0 aliphatic rings. The summed E-state index contributed by atoms with van der Waals surface area (Å²) in [5.41, 5.74) is 1.49. The summed E-state index contributed by atoms with van der Waals surface area (Å²) in [5, 5.41) is 20.7. The highest BCUT2D eigenvalue weighted by molar-refractivity contribution is 5.80. The predicted octanol–water partition coefficient (Wildman–Crippen LogP) is 1.49. The molecule has 24 heavy (non-hydrogen) atoms. The normalized spacial score (nSPS) is 11.0. The van der Waals surface area contributed by atoms with Gasteiger partial charge in [0.15, 0.2) is 0 Å². The van der Waals surface area contributed by atoms with Crippen molar-refractivity contribution in [2.75, 3.05) is 0 Å². The van der Waals surface area contributed by atoms with Crippen LogP contribution < -0.4 is 5.32 Å². The fraction of sp³-hybridized carbons (Fsp3) is 0.176. The van der Waals surface area contributed by atoms with E-state index in [1.807, 2.05) is 18.2 Å². The lowest BCUT2D eigenvalue weighted by Gasteiger charge is -2.14. The molecule has 0 radical (unpaired) electrons. The number of carboxylic acid groups (broad SMARTS) is 1. The van der Waals surface area contributed by atoms with Crippen LogP contribution in [-0.2, 0) is 22.6 Å². The van der Waals surface area contributed by atoms with Crippen LogP contribution in [0.1, 0.15) is 11.1 Å². The van der Waals surface area contributed by atoms with Gasteiger partial charge in [-0.2, -0.15) is 0 Å². The smallest absolute Gasteiger partial charge is 0.408 e. The van der Waals surface area contributed by atoms with Gasteiger partial charge < -0.3 is 25.7 Å². The maximum atomic E-state index is 11.7. The van der Waals surface area contributed by atoms with Crippen LogP contribution >= 0.6 is 0 Å². The Hall–Kier alpha value is -3.06. The summed E-state index contributed by atoms with van der Waals surface area (Å²) in [6.45, 7) is 0.0677. The van der Waals surface area contributed by atoms with Crippen LogP contribution in [0.15, 0.2) is 54.6 Å². The van der Waals surface area contributed by atoms with Crippen LogP contribution in [0.25, 0.3) is 0 Å². The number of ether oxygens (including phenoxy) is 1. The van der Waals surface area contributed by atoms with Crippen LogP contribution in [0.5, 0.6) is 5.75 Å². The monoisotopic (exact) mass is 333 g/mol. The number of rotatable bonds is 6. The highest BCUT2D eigenvalue weighted by Gasteiger charge is 2.21. The van der Waals surface area contributed by atoms with Gasteiger partial charge in [0.25, 0.3) is 0 Å². The molecule has 7 heteroatoms. The molecular weight excluding hydrogens is 314 g/mol. The number of aliphatic carboxylic acids is 1. The van der Waals surface area contributed by atoms with Crippen molar-refractivity contribution in [2.24, 2.45) is 0 Å². The van der Waals surface area contributed by atoms with E-state index in [0.717, 1.165) is 5.56 Å². The summed E-state index contributed by atoms with van der Waals surface area (Å²) >= 11 is 0. The first-order valence-corrected chi connectivity index (χ1v) is 7.02. The Morgan fingerprint density at radius 3 is 2.21 bits per heavy atom. The molecule has 2 aromatic rings. The standard InChI is InChI=1S/C17H17NO5.H2O/c19-14-8-6-12(7-9-14)10-15(16(20)21)18-17(22)23-11-13-4-2-1-3-5-13;/h1-9,15,19H,10-11H2,(H,18,22)(H,20,21);1H2. The quantitative estimate of drug-likeness (QED) is 0.738. The van der Waals surface area contributed by atoms with Crippen molar-refractivity contribution in [3.63, 3.8) is 0 Å². The van der Waals surface area contributed by atoms with Crippen molar-refractivity contribution in [1.82, 2.24) is 5.32 Å². The first-order valence-electron chi connectivity index (χ1n) is 7.02. The van der Waals surface area contributed by atoms with Gasteiger partial charge in [-0.05, 0) is 23.3 Å². The number of hydrogen-bond acceptors (Lipinski definition) is 4. The molecule has 0 saturated heterocycles. The second-order valence-corrected chi connectivity index (χ2v) is 4.97. The van der Waals surface area contributed by atoms with Gasteiger partial charge in [-0.15, -0.1) is 0 Å². The first-order chi connectivity index (χ1) is 11.0. The topological polar surface area (TPSA) is 127 Å². The minimum atomic E-state index is -1.16. The average Bonchev–Trinajstić information content (AvgIpc) is 2.55. The van der Waals surface area contributed by atoms with Crippen LogP contribution in [0.4, 0.5) is 4.79 Å². The zero-order chi connectivity index (χ0) is 16.7. The summed E-state index contributed by atoms with van der Waals surface area (Å²) in [5.74, 6) is -1.06. The molecule has 0 saturated carbocycles. The SMILES string of the molecule is O.O=C(NC(Cc1ccc(O)cc1)C(=O)O)OCc1ccccc1. The van der Waals surface area contributed by atoms with E-state index in [-0.39, 0.29) is 24.3 Å². The number of carboxylic acids is 1. The third-order valence-corrected chi connectivity index (χ3v) is 3.18. The highest BCUT2D eigenvalue weighted by Crippen LogP contribution is 2.11. The van der Waals surface area contributed by atoms with Gasteiger partial charge >= 0.3 is 12.1 Å². The second-order valence-electron chi connectivity index (χ2n) is 4.97. The van der Waals surface area contributed by atoms with Crippen LogP contribution in [0.3, 0.4) is 0 Å². The van der Waals surface area contributed by atoms with Crippen molar-refractivity contribution in [3.8, 4) is 5.75 Å². The van der Waals surface area contributed by atoms with E-state index in [4.69, 9.17) is 4.74 Å². The molecular formula is C17H19NO6. The van der Waals surface area contributed by atoms with Crippen molar-refractivity contribution in [2.45, 2.75) is 19.1 Å². The van der Waals surface area contributed by atoms with E-state index in [2.05, 4.69) is 5.32 Å². The summed E-state index contributed by atoms with van der Waals surface area (Å²) in [6.07, 6.45) is -0.698. The molecule has 0 aromatic heterocycles. The van der Waals surface area contributed by atoms with Crippen molar-refractivity contribution in [1.29, 1.82) is 0 Å². The number of carbonyl (C=O) groups is 2. The van der Waals surface area contributed by atoms with Crippen LogP contribution in [0, 0.1) is 0 Å². The zero-order valence-electron chi connectivity index (χ0n) is 12.8. The van der Waals surface area contributed by atoms with E-state index in [9.17, 15) is 19.8 Å². The molecule has 7 nitrogen and oxygen atoms in total. The maximum Gasteiger partial charge on any atom is 0.408 e. The van der Waals surface area contributed by atoms with Crippen molar-refractivity contribution >= 4 is 12.1 Å². The Morgan fingerprint density at radius 1 is 1.00 bits per heavy atom. The Morgan fingerprint density at radius 2 is 1.62 bits per heavy atom. The molecule has 0 heterocycles. The lowest BCUT2D eigenvalue weighted by Crippen LogP contribution is -2.42. The van der Waals surface area contributed by atoms with Gasteiger partial charge in [-0.25, -0.2) is 9.59 Å². The van der Waals surface area contributed by atoms with Gasteiger partial charge in [0, 0.05) is 6.42 Å². The van der Waals surface area contributed by atoms with Crippen LogP contribution in [0.2, 0.25) is 0 Å². The van der Waals surface area contributed by atoms with E-state index in [1.165, 1.54) is 12.1 Å². The largest absolute Gasteiger partial charge is 0.508 e. The number of carbonyl (C=O) groups excluding carboxylic acids is 1. The minimum Gasteiger partial charge on any atom is -0.508 e. The predicted molar refractivity (Wildman–Crippen MR) is 86.6 cm³/mol. The number of alkyl carbamates (subject to hydrolysis) is 1. The number of phenolic OH excluding ortho intramolecular Hbond substituents is 1. The Labute approximate surface area is 138 Å². The van der Waals surface area contributed by atoms with E-state index >= 15 is 0 Å². The zero-order valence-corrected chi connectivity index (χ0v) is 12.8. The molecule has 5 N–H and O–H groups in total. The number of amides is 1. The summed E-state index contributed by atoms with van der Waals surface area (Å²) in [6, 6.07) is 14.1. The van der Waals surface area contributed by atoms with Gasteiger partial charge in [0.1, 0.15) is 18.4 Å². The average molecular weight is 333 g/mol. The van der Waals surface area contributed by atoms with Crippen LogP contribution in [-0.4, -0.2) is 33.8 Å². The number of benzene rings is 2. The van der Waals surface area contributed by atoms with Gasteiger partial charge in [0.05, 0.1) is 0 Å². The fourth-order valence-electron chi connectivity index (χ4n) is 1.97.